The van der Waals surface area contributed by atoms with E-state index in [1.54, 1.807) is 13.0 Å². The highest BCUT2D eigenvalue weighted by Gasteiger charge is 2.09. The maximum absolute atomic E-state index is 11.2. The van der Waals surface area contributed by atoms with Crippen LogP contribution < -0.4 is 0 Å². The van der Waals surface area contributed by atoms with Gasteiger partial charge in [-0.25, -0.2) is 0 Å². The van der Waals surface area contributed by atoms with Crippen molar-refractivity contribution in [2.45, 2.75) is 13.3 Å². The molecule has 0 bridgehead atoms. The van der Waals surface area contributed by atoms with Crippen LogP contribution in [0.4, 0.5) is 0 Å². The molecule has 0 unspecified atom stereocenters. The van der Waals surface area contributed by atoms with E-state index < -0.39 is 0 Å². The number of benzene rings is 1. The lowest BCUT2D eigenvalue weighted by atomic mass is 10.1. The van der Waals surface area contributed by atoms with Crippen LogP contribution in [0.25, 0.3) is 5.57 Å². The summed E-state index contributed by atoms with van der Waals surface area (Å²) in [4.78, 5) is 11.2. The monoisotopic (exact) mass is 224 g/mol. The maximum Gasteiger partial charge on any atom is 0.310 e. The van der Waals surface area contributed by atoms with Gasteiger partial charge in [-0.05, 0) is 24.1 Å². The highest BCUT2D eigenvalue weighted by Crippen LogP contribution is 2.24. The van der Waals surface area contributed by atoms with E-state index in [4.69, 9.17) is 16.3 Å². The average molecular weight is 225 g/mol. The Morgan fingerprint density at radius 1 is 1.47 bits per heavy atom. The first-order chi connectivity index (χ1) is 7.15. The summed E-state index contributed by atoms with van der Waals surface area (Å²) in [6.45, 7) is 5.98. The minimum absolute atomic E-state index is 0.178. The van der Waals surface area contributed by atoms with Crippen molar-refractivity contribution in [3.63, 3.8) is 0 Å². The molecule has 0 saturated heterocycles. The van der Waals surface area contributed by atoms with Crippen molar-refractivity contribution in [2.75, 3.05) is 6.61 Å². The summed E-state index contributed by atoms with van der Waals surface area (Å²) in [5.74, 6) is -0.276. The second-order valence-electron chi connectivity index (χ2n) is 3.07. The van der Waals surface area contributed by atoms with Crippen LogP contribution in [-0.4, -0.2) is 12.6 Å². The summed E-state index contributed by atoms with van der Waals surface area (Å²) >= 11 is 5.97. The summed E-state index contributed by atoms with van der Waals surface area (Å²) in [5.41, 5.74) is 1.48. The Balaban J connectivity index is 2.70. The molecule has 0 aliphatic carbocycles. The molecule has 1 aromatic rings. The first-order valence-corrected chi connectivity index (χ1v) is 5.11. The molecule has 0 amide bonds. The lowest BCUT2D eigenvalue weighted by Crippen LogP contribution is -2.04. The highest BCUT2D eigenvalue weighted by atomic mass is 35.5. The van der Waals surface area contributed by atoms with Crippen LogP contribution >= 0.6 is 11.6 Å². The number of carbonyl (C=O) groups is 1. The first-order valence-electron chi connectivity index (χ1n) is 4.73. The van der Waals surface area contributed by atoms with E-state index in [0.717, 1.165) is 5.56 Å². The molecule has 0 radical (unpaired) electrons. The molecule has 0 heterocycles. The van der Waals surface area contributed by atoms with E-state index in [1.807, 2.05) is 18.2 Å². The van der Waals surface area contributed by atoms with Gasteiger partial charge in [0.2, 0.25) is 0 Å². The standard InChI is InChI=1S/C12H13ClO2/c1-3-15-12(14)8-9(2)10-6-4-5-7-11(10)13/h4-7H,2-3,8H2,1H3. The Morgan fingerprint density at radius 3 is 2.73 bits per heavy atom. The van der Waals surface area contributed by atoms with Crippen molar-refractivity contribution in [3.05, 3.63) is 41.4 Å². The van der Waals surface area contributed by atoms with Crippen molar-refractivity contribution in [2.24, 2.45) is 0 Å². The van der Waals surface area contributed by atoms with Gasteiger partial charge in [0.05, 0.1) is 13.0 Å². The average Bonchev–Trinajstić information content (AvgIpc) is 2.18. The fourth-order valence-electron chi connectivity index (χ4n) is 1.23. The third-order valence-corrected chi connectivity index (χ3v) is 2.25. The molecular weight excluding hydrogens is 212 g/mol. The zero-order valence-electron chi connectivity index (χ0n) is 8.63. The molecule has 80 valence electrons. The number of rotatable bonds is 4. The topological polar surface area (TPSA) is 26.3 Å². The Bertz CT molecular complexity index is 372. The molecule has 2 nitrogen and oxygen atoms in total. The molecule has 0 atom stereocenters. The summed E-state index contributed by atoms with van der Waals surface area (Å²) in [6.07, 6.45) is 0.178. The van der Waals surface area contributed by atoms with Gasteiger partial charge in [0.15, 0.2) is 0 Å². The molecule has 0 aromatic heterocycles. The van der Waals surface area contributed by atoms with Crippen molar-refractivity contribution in [1.29, 1.82) is 0 Å². The Kier molecular flexibility index (Phi) is 4.37. The fourth-order valence-corrected chi connectivity index (χ4v) is 1.50. The molecule has 15 heavy (non-hydrogen) atoms. The predicted molar refractivity (Wildman–Crippen MR) is 61.7 cm³/mol. The van der Waals surface area contributed by atoms with E-state index in [9.17, 15) is 4.79 Å². The summed E-state index contributed by atoms with van der Waals surface area (Å²) in [6, 6.07) is 7.30. The van der Waals surface area contributed by atoms with Gasteiger partial charge in [0.25, 0.3) is 0 Å². The van der Waals surface area contributed by atoms with Gasteiger partial charge in [0, 0.05) is 5.02 Å². The molecule has 0 fully saturated rings. The van der Waals surface area contributed by atoms with Crippen LogP contribution in [0.1, 0.15) is 18.9 Å². The van der Waals surface area contributed by atoms with Crippen molar-refractivity contribution >= 4 is 23.1 Å². The van der Waals surface area contributed by atoms with Crippen molar-refractivity contribution in [1.82, 2.24) is 0 Å². The van der Waals surface area contributed by atoms with Crippen LogP contribution in [0.2, 0.25) is 5.02 Å². The zero-order chi connectivity index (χ0) is 11.3. The van der Waals surface area contributed by atoms with E-state index in [2.05, 4.69) is 6.58 Å². The Hall–Kier alpha value is -1.28. The van der Waals surface area contributed by atoms with E-state index >= 15 is 0 Å². The number of hydrogen-bond acceptors (Lipinski definition) is 2. The molecule has 1 rings (SSSR count). The largest absolute Gasteiger partial charge is 0.466 e. The number of ether oxygens (including phenoxy) is 1. The van der Waals surface area contributed by atoms with Crippen LogP contribution in [0.5, 0.6) is 0 Å². The van der Waals surface area contributed by atoms with Crippen LogP contribution in [0.15, 0.2) is 30.8 Å². The van der Waals surface area contributed by atoms with Crippen LogP contribution in [0.3, 0.4) is 0 Å². The normalized spacial score (nSPS) is 9.73. The third kappa shape index (κ3) is 3.40. The van der Waals surface area contributed by atoms with E-state index in [-0.39, 0.29) is 12.4 Å². The lowest BCUT2D eigenvalue weighted by Gasteiger charge is -2.07. The van der Waals surface area contributed by atoms with Gasteiger partial charge in [-0.3, -0.25) is 4.79 Å². The van der Waals surface area contributed by atoms with Gasteiger partial charge in [-0.15, -0.1) is 0 Å². The molecule has 0 spiro atoms. The van der Waals surface area contributed by atoms with Gasteiger partial charge >= 0.3 is 5.97 Å². The summed E-state index contributed by atoms with van der Waals surface area (Å²) in [5, 5.41) is 0.604. The molecular formula is C12H13ClO2. The third-order valence-electron chi connectivity index (χ3n) is 1.92. The first kappa shape index (κ1) is 11.8. The minimum Gasteiger partial charge on any atom is -0.466 e. The molecule has 0 aliphatic heterocycles. The van der Waals surface area contributed by atoms with E-state index in [0.29, 0.717) is 17.2 Å². The van der Waals surface area contributed by atoms with Gasteiger partial charge in [-0.1, -0.05) is 36.4 Å². The number of hydrogen-bond donors (Lipinski definition) is 0. The number of carbonyl (C=O) groups excluding carboxylic acids is 1. The Morgan fingerprint density at radius 2 is 2.13 bits per heavy atom. The fraction of sp³-hybridized carbons (Fsp3) is 0.250. The molecule has 1 aromatic carbocycles. The molecule has 0 N–H and O–H groups in total. The smallest absolute Gasteiger partial charge is 0.310 e. The second kappa shape index (κ2) is 5.56. The van der Waals surface area contributed by atoms with E-state index in [1.165, 1.54) is 0 Å². The maximum atomic E-state index is 11.2. The summed E-state index contributed by atoms with van der Waals surface area (Å²) in [7, 11) is 0. The van der Waals surface area contributed by atoms with Crippen LogP contribution in [-0.2, 0) is 9.53 Å². The van der Waals surface area contributed by atoms with Gasteiger partial charge < -0.3 is 4.74 Å². The highest BCUT2D eigenvalue weighted by molar-refractivity contribution is 6.32. The van der Waals surface area contributed by atoms with Gasteiger partial charge in [0.1, 0.15) is 0 Å². The number of esters is 1. The molecule has 0 saturated carbocycles. The molecule has 3 heteroatoms. The van der Waals surface area contributed by atoms with Crippen molar-refractivity contribution < 1.29 is 9.53 Å². The quantitative estimate of drug-likeness (QED) is 0.734. The van der Waals surface area contributed by atoms with Crippen LogP contribution in [0, 0.1) is 0 Å². The minimum atomic E-state index is -0.276. The zero-order valence-corrected chi connectivity index (χ0v) is 9.38. The van der Waals surface area contributed by atoms with Gasteiger partial charge in [-0.2, -0.15) is 0 Å². The van der Waals surface area contributed by atoms with Crippen molar-refractivity contribution in [3.8, 4) is 0 Å². The SMILES string of the molecule is C=C(CC(=O)OCC)c1ccccc1Cl. The second-order valence-corrected chi connectivity index (χ2v) is 3.47. The predicted octanol–water partition coefficient (Wildman–Crippen LogP) is 3.31. The molecule has 0 aliphatic rings. The lowest BCUT2D eigenvalue weighted by molar-refractivity contribution is -0.141. The Labute approximate surface area is 94.5 Å². The summed E-state index contributed by atoms with van der Waals surface area (Å²) < 4.78 is 4.83. The number of halogens is 1.